The van der Waals surface area contributed by atoms with E-state index in [2.05, 4.69) is 31.2 Å². The number of methoxy groups -OCH3 is 1. The van der Waals surface area contributed by atoms with Crippen LogP contribution >= 0.6 is 0 Å². The topological polar surface area (TPSA) is 24.5 Å². The van der Waals surface area contributed by atoms with Gasteiger partial charge in [-0.2, -0.15) is 0 Å². The molecule has 1 saturated carbocycles. The van der Waals surface area contributed by atoms with Crippen LogP contribution in [0.4, 0.5) is 0 Å². The summed E-state index contributed by atoms with van der Waals surface area (Å²) < 4.78 is 5.39. The highest BCUT2D eigenvalue weighted by molar-refractivity contribution is 4.79. The monoisotopic (exact) mass is 228 g/mol. The molecule has 0 radical (unpaired) electrons. The highest BCUT2D eigenvalue weighted by atomic mass is 16.5. The first-order valence-corrected chi connectivity index (χ1v) is 6.60. The molecule has 1 aliphatic rings. The standard InChI is InChI=1S/C13H28N2O/c1-5-12(15(2)3)10-14-11-6-8-13(16-4)9-7-11/h11-14H,5-10H2,1-4H3. The molecule has 3 nitrogen and oxygen atoms in total. The Labute approximate surface area is 101 Å². The fraction of sp³-hybridized carbons (Fsp3) is 1.00. The van der Waals surface area contributed by atoms with Gasteiger partial charge in [-0.1, -0.05) is 6.92 Å². The smallest absolute Gasteiger partial charge is 0.0572 e. The third-order valence-electron chi connectivity index (χ3n) is 3.85. The molecular weight excluding hydrogens is 200 g/mol. The van der Waals surface area contributed by atoms with Gasteiger partial charge in [0.2, 0.25) is 0 Å². The Morgan fingerprint density at radius 2 is 1.88 bits per heavy atom. The van der Waals surface area contributed by atoms with E-state index in [-0.39, 0.29) is 0 Å². The molecule has 0 aliphatic heterocycles. The molecule has 3 heteroatoms. The maximum atomic E-state index is 5.39. The third kappa shape index (κ3) is 4.40. The summed E-state index contributed by atoms with van der Waals surface area (Å²) in [6, 6.07) is 1.38. The summed E-state index contributed by atoms with van der Waals surface area (Å²) >= 11 is 0. The van der Waals surface area contributed by atoms with Gasteiger partial charge < -0.3 is 15.0 Å². The van der Waals surface area contributed by atoms with Crippen LogP contribution in [0.5, 0.6) is 0 Å². The van der Waals surface area contributed by atoms with Crippen molar-refractivity contribution in [2.45, 2.75) is 57.2 Å². The van der Waals surface area contributed by atoms with Gasteiger partial charge in [0.15, 0.2) is 0 Å². The fourth-order valence-corrected chi connectivity index (χ4v) is 2.50. The highest BCUT2D eigenvalue weighted by Crippen LogP contribution is 2.20. The van der Waals surface area contributed by atoms with Crippen molar-refractivity contribution in [3.05, 3.63) is 0 Å². The van der Waals surface area contributed by atoms with Crippen molar-refractivity contribution in [3.63, 3.8) is 0 Å². The van der Waals surface area contributed by atoms with Gasteiger partial charge >= 0.3 is 0 Å². The molecule has 0 bridgehead atoms. The lowest BCUT2D eigenvalue weighted by Crippen LogP contribution is -2.43. The quantitative estimate of drug-likeness (QED) is 0.751. The van der Waals surface area contributed by atoms with Gasteiger partial charge in [0.1, 0.15) is 0 Å². The van der Waals surface area contributed by atoms with Crippen molar-refractivity contribution in [1.29, 1.82) is 0 Å². The molecule has 0 aromatic heterocycles. The van der Waals surface area contributed by atoms with E-state index in [1.54, 1.807) is 0 Å². The summed E-state index contributed by atoms with van der Waals surface area (Å²) in [5.74, 6) is 0. The number of nitrogens with zero attached hydrogens (tertiary/aromatic N) is 1. The maximum Gasteiger partial charge on any atom is 0.0572 e. The van der Waals surface area contributed by atoms with Crippen molar-refractivity contribution in [3.8, 4) is 0 Å². The Morgan fingerprint density at radius 3 is 2.31 bits per heavy atom. The molecule has 1 fully saturated rings. The van der Waals surface area contributed by atoms with Crippen molar-refractivity contribution in [2.24, 2.45) is 0 Å². The lowest BCUT2D eigenvalue weighted by atomic mass is 9.93. The van der Waals surface area contributed by atoms with Crippen LogP contribution in [-0.2, 0) is 4.74 Å². The van der Waals surface area contributed by atoms with Crippen molar-refractivity contribution in [2.75, 3.05) is 27.7 Å². The van der Waals surface area contributed by atoms with Crippen molar-refractivity contribution >= 4 is 0 Å². The van der Waals surface area contributed by atoms with Gasteiger partial charge in [-0.25, -0.2) is 0 Å². The molecule has 1 N–H and O–H groups in total. The normalized spacial score (nSPS) is 28.3. The highest BCUT2D eigenvalue weighted by Gasteiger charge is 2.21. The van der Waals surface area contributed by atoms with Crippen molar-refractivity contribution < 1.29 is 4.74 Å². The average Bonchev–Trinajstić information content (AvgIpc) is 2.30. The van der Waals surface area contributed by atoms with Gasteiger partial charge in [0.25, 0.3) is 0 Å². The zero-order valence-electron chi connectivity index (χ0n) is 11.3. The Morgan fingerprint density at radius 1 is 1.25 bits per heavy atom. The molecule has 0 aromatic rings. The first-order chi connectivity index (χ1) is 7.67. The molecule has 16 heavy (non-hydrogen) atoms. The molecule has 1 atom stereocenters. The van der Waals surface area contributed by atoms with Crippen LogP contribution in [-0.4, -0.2) is 50.8 Å². The molecule has 1 rings (SSSR count). The van der Waals surface area contributed by atoms with Crippen molar-refractivity contribution in [1.82, 2.24) is 10.2 Å². The summed E-state index contributed by atoms with van der Waals surface area (Å²) in [5, 5.41) is 3.70. The number of nitrogens with one attached hydrogen (secondary N) is 1. The zero-order valence-corrected chi connectivity index (χ0v) is 11.3. The number of likely N-dealkylation sites (N-methyl/N-ethyl adjacent to an activating group) is 1. The Kier molecular flexibility index (Phi) is 6.32. The van der Waals surface area contributed by atoms with Gasteiger partial charge in [0.05, 0.1) is 6.10 Å². The first kappa shape index (κ1) is 13.9. The van der Waals surface area contributed by atoms with E-state index in [1.807, 2.05) is 7.11 Å². The Bertz CT molecular complexity index is 177. The van der Waals surface area contributed by atoms with Crippen LogP contribution in [0.1, 0.15) is 39.0 Å². The second-order valence-corrected chi connectivity index (χ2v) is 5.14. The minimum atomic E-state index is 0.508. The van der Waals surface area contributed by atoms with E-state index < -0.39 is 0 Å². The van der Waals surface area contributed by atoms with Crippen LogP contribution < -0.4 is 5.32 Å². The summed E-state index contributed by atoms with van der Waals surface area (Å²) in [6.45, 7) is 3.37. The molecule has 96 valence electrons. The average molecular weight is 228 g/mol. The SMILES string of the molecule is CCC(CNC1CCC(OC)CC1)N(C)C. The molecular formula is C13H28N2O. The molecule has 0 amide bonds. The number of hydrogen-bond donors (Lipinski definition) is 1. The molecule has 0 saturated heterocycles. The summed E-state index contributed by atoms with van der Waals surface area (Å²) in [7, 11) is 6.16. The fourth-order valence-electron chi connectivity index (χ4n) is 2.50. The van der Waals surface area contributed by atoms with Crippen LogP contribution in [0.2, 0.25) is 0 Å². The van der Waals surface area contributed by atoms with Gasteiger partial charge in [-0.3, -0.25) is 0 Å². The molecule has 0 heterocycles. The van der Waals surface area contributed by atoms with E-state index >= 15 is 0 Å². The molecule has 0 spiro atoms. The van der Waals surface area contributed by atoms with Crippen LogP contribution in [0.15, 0.2) is 0 Å². The Balaban J connectivity index is 2.18. The number of ether oxygens (including phenoxy) is 1. The maximum absolute atomic E-state index is 5.39. The van der Waals surface area contributed by atoms with E-state index in [4.69, 9.17) is 4.74 Å². The van der Waals surface area contributed by atoms with E-state index in [9.17, 15) is 0 Å². The number of rotatable bonds is 6. The predicted octanol–water partition coefficient (Wildman–Crippen LogP) is 1.87. The number of hydrogen-bond acceptors (Lipinski definition) is 3. The van der Waals surface area contributed by atoms with Crippen LogP contribution in [0, 0.1) is 0 Å². The van der Waals surface area contributed by atoms with E-state index in [0.717, 1.165) is 6.54 Å². The Hall–Kier alpha value is -0.120. The lowest BCUT2D eigenvalue weighted by Gasteiger charge is -2.31. The minimum Gasteiger partial charge on any atom is -0.381 e. The second kappa shape index (κ2) is 7.25. The third-order valence-corrected chi connectivity index (χ3v) is 3.85. The summed E-state index contributed by atoms with van der Waals surface area (Å²) in [6.07, 6.45) is 6.69. The van der Waals surface area contributed by atoms with Gasteiger partial charge in [0, 0.05) is 25.7 Å². The summed E-state index contributed by atoms with van der Waals surface area (Å²) in [4.78, 5) is 2.31. The summed E-state index contributed by atoms with van der Waals surface area (Å²) in [5.41, 5.74) is 0. The first-order valence-electron chi connectivity index (χ1n) is 6.60. The van der Waals surface area contributed by atoms with E-state index in [0.29, 0.717) is 18.2 Å². The largest absolute Gasteiger partial charge is 0.381 e. The zero-order chi connectivity index (χ0) is 12.0. The second-order valence-electron chi connectivity index (χ2n) is 5.14. The molecule has 0 aromatic carbocycles. The van der Waals surface area contributed by atoms with E-state index in [1.165, 1.54) is 32.1 Å². The predicted molar refractivity (Wildman–Crippen MR) is 68.8 cm³/mol. The van der Waals surface area contributed by atoms with Gasteiger partial charge in [-0.15, -0.1) is 0 Å². The molecule has 1 aliphatic carbocycles. The van der Waals surface area contributed by atoms with Crippen LogP contribution in [0.25, 0.3) is 0 Å². The molecule has 1 unspecified atom stereocenters. The van der Waals surface area contributed by atoms with Crippen LogP contribution in [0.3, 0.4) is 0 Å². The minimum absolute atomic E-state index is 0.508. The lowest BCUT2D eigenvalue weighted by molar-refractivity contribution is 0.0617. The van der Waals surface area contributed by atoms with Gasteiger partial charge in [-0.05, 0) is 46.2 Å².